The Kier molecular flexibility index (Phi) is 16.4. The zero-order chi connectivity index (χ0) is 39.9. The van der Waals surface area contributed by atoms with Crippen LogP contribution in [0.4, 0.5) is 5.69 Å². The van der Waals surface area contributed by atoms with E-state index in [1.165, 1.54) is 72.5 Å². The van der Waals surface area contributed by atoms with Gasteiger partial charge in [0.2, 0.25) is 5.91 Å². The second-order valence-electron chi connectivity index (χ2n) is 16.1. The summed E-state index contributed by atoms with van der Waals surface area (Å²) in [5, 5.41) is 13.7. The topological polar surface area (TPSA) is 79.3 Å². The van der Waals surface area contributed by atoms with E-state index >= 15 is 0 Å². The highest BCUT2D eigenvalue weighted by molar-refractivity contribution is 6.01. The molecule has 2 aliphatic rings. The maximum absolute atomic E-state index is 12.4. The molecule has 2 N–H and O–H groups in total. The zero-order valence-electron chi connectivity index (χ0n) is 34.3. The van der Waals surface area contributed by atoms with Gasteiger partial charge in [-0.3, -0.25) is 9.78 Å². The van der Waals surface area contributed by atoms with Crippen molar-refractivity contribution in [2.45, 2.75) is 108 Å². The van der Waals surface area contributed by atoms with E-state index in [0.717, 1.165) is 33.2 Å². The number of fused-ring (bicyclic) bond motifs is 1. The fraction of sp³-hybridized carbons (Fsp3) is 0.367. The summed E-state index contributed by atoms with van der Waals surface area (Å²) in [6.45, 7) is 21.7. The van der Waals surface area contributed by atoms with Gasteiger partial charge in [0.1, 0.15) is 0 Å². The first-order chi connectivity index (χ1) is 25.5. The first-order valence-electron chi connectivity index (χ1n) is 19.2. The molecule has 4 rings (SSSR count). The number of pyridine rings is 1. The number of anilines is 1. The third kappa shape index (κ3) is 14.4. The van der Waals surface area contributed by atoms with Crippen LogP contribution in [0.5, 0.6) is 0 Å². The molecule has 5 heteroatoms. The van der Waals surface area contributed by atoms with Crippen LogP contribution in [-0.4, -0.2) is 22.0 Å². The normalized spacial score (nSPS) is 18.6. The number of hydrogen-bond donors (Lipinski definition) is 2. The van der Waals surface area contributed by atoms with Crippen molar-refractivity contribution >= 4 is 28.3 Å². The van der Waals surface area contributed by atoms with Crippen molar-refractivity contribution < 1.29 is 14.7 Å². The fourth-order valence-corrected chi connectivity index (χ4v) is 7.10. The second kappa shape index (κ2) is 20.4. The summed E-state index contributed by atoms with van der Waals surface area (Å²) >= 11 is 0. The molecule has 1 aromatic carbocycles. The summed E-state index contributed by atoms with van der Waals surface area (Å²) < 4.78 is 0. The molecule has 2 aliphatic carbocycles. The average Bonchev–Trinajstić information content (AvgIpc) is 3.07. The molecular weight excluding hydrogens is 665 g/mol. The zero-order valence-corrected chi connectivity index (χ0v) is 34.3. The third-order valence-electron chi connectivity index (χ3n) is 10.2. The van der Waals surface area contributed by atoms with E-state index in [0.29, 0.717) is 0 Å². The number of rotatable bonds is 11. The molecular formula is C49H62N2O3. The quantitative estimate of drug-likeness (QED) is 0.178. The van der Waals surface area contributed by atoms with Gasteiger partial charge in [-0.15, -0.1) is 0 Å². The number of hydrogen-bond acceptors (Lipinski definition) is 3. The lowest BCUT2D eigenvalue weighted by Crippen LogP contribution is -2.19. The molecule has 1 amide bonds. The highest BCUT2D eigenvalue weighted by atomic mass is 16.4. The van der Waals surface area contributed by atoms with Crippen molar-refractivity contribution in [1.29, 1.82) is 0 Å². The fourth-order valence-electron chi connectivity index (χ4n) is 7.10. The minimum absolute atomic E-state index is 0.136. The Balaban J connectivity index is 0.000000313. The smallest absolute Gasteiger partial charge is 0.328 e. The number of carboxylic acids is 1. The van der Waals surface area contributed by atoms with Crippen LogP contribution in [0.1, 0.15) is 108 Å². The van der Waals surface area contributed by atoms with Crippen LogP contribution in [0.25, 0.3) is 10.8 Å². The minimum atomic E-state index is -0.912. The first-order valence-corrected chi connectivity index (χ1v) is 19.2. The van der Waals surface area contributed by atoms with E-state index in [4.69, 9.17) is 5.11 Å². The SMILES string of the molecule is CC1=C(/C=C/C(C)=C/C=C/C(C)=C/C(=O)Nc2ccc3cnccc3c2)C(C)(C)CCC1.CC1=C(/C=C/C(C)=C/C=C/C(C)=C/C(=O)O)C(C)(C)CCC1. The van der Waals surface area contributed by atoms with Crippen LogP contribution in [0.15, 0.2) is 154 Å². The summed E-state index contributed by atoms with van der Waals surface area (Å²) in [5.74, 6) is -1.05. The summed E-state index contributed by atoms with van der Waals surface area (Å²) in [7, 11) is 0. The minimum Gasteiger partial charge on any atom is -0.478 e. The number of carboxylic acid groups (broad SMARTS) is 1. The van der Waals surface area contributed by atoms with Crippen LogP contribution in [0, 0.1) is 10.8 Å². The van der Waals surface area contributed by atoms with E-state index in [9.17, 15) is 9.59 Å². The first kappa shape index (κ1) is 43.4. The molecule has 0 unspecified atom stereocenters. The number of nitrogens with one attached hydrogen (secondary N) is 1. The Hall–Kier alpha value is -5.03. The molecule has 0 atom stereocenters. The number of carbonyl (C=O) groups excluding carboxylic acids is 1. The summed E-state index contributed by atoms with van der Waals surface area (Å²) in [6, 6.07) is 7.74. The standard InChI is InChI=1S/C29H34N2O.C20H28O2/c1-21(11-14-27-23(3)10-7-16-29(27,4)5)8-6-9-22(2)18-28(32)31-26-13-12-25-20-30-17-15-24(25)19-26;1-15(8-6-9-16(2)14-19(21)22)11-12-18-17(3)10-7-13-20(18,4)5/h6,8-9,11-15,17-20H,7,10,16H2,1-5H3,(H,31,32);6,8-9,11-12,14H,7,10,13H2,1-5H3,(H,21,22)/b9-6+,14-11+,21-8+,22-18+;9-6+,12-11+,15-8+,16-14+. The van der Waals surface area contributed by atoms with Gasteiger partial charge in [-0.2, -0.15) is 0 Å². The van der Waals surface area contributed by atoms with Gasteiger partial charge in [-0.05, 0) is 137 Å². The molecule has 0 spiro atoms. The molecule has 1 heterocycles. The van der Waals surface area contributed by atoms with E-state index in [2.05, 4.69) is 96.1 Å². The molecule has 0 aliphatic heterocycles. The monoisotopic (exact) mass is 726 g/mol. The van der Waals surface area contributed by atoms with Gasteiger partial charge < -0.3 is 10.4 Å². The maximum Gasteiger partial charge on any atom is 0.328 e. The highest BCUT2D eigenvalue weighted by Crippen LogP contribution is 2.41. The number of nitrogens with zero attached hydrogens (tertiary/aromatic N) is 1. The molecule has 0 radical (unpaired) electrons. The number of amides is 1. The van der Waals surface area contributed by atoms with Crippen LogP contribution in [-0.2, 0) is 9.59 Å². The van der Waals surface area contributed by atoms with Crippen molar-refractivity contribution in [1.82, 2.24) is 4.98 Å². The molecule has 0 bridgehead atoms. The number of benzene rings is 1. The number of aliphatic carboxylic acids is 1. The van der Waals surface area contributed by atoms with Gasteiger partial charge in [0.15, 0.2) is 0 Å². The Labute approximate surface area is 325 Å². The molecule has 0 saturated heterocycles. The van der Waals surface area contributed by atoms with Crippen LogP contribution < -0.4 is 5.32 Å². The number of allylic oxidation sites excluding steroid dienone is 18. The molecule has 0 fully saturated rings. The van der Waals surface area contributed by atoms with Gasteiger partial charge in [-0.25, -0.2) is 4.79 Å². The van der Waals surface area contributed by atoms with Gasteiger partial charge in [-0.1, -0.05) is 117 Å². The predicted octanol–water partition coefficient (Wildman–Crippen LogP) is 13.3. The van der Waals surface area contributed by atoms with Gasteiger partial charge >= 0.3 is 5.97 Å². The Morgan fingerprint density at radius 1 is 0.704 bits per heavy atom. The van der Waals surface area contributed by atoms with Crippen molar-refractivity contribution in [2.24, 2.45) is 10.8 Å². The maximum atomic E-state index is 12.4. The highest BCUT2D eigenvalue weighted by Gasteiger charge is 2.27. The molecule has 54 heavy (non-hydrogen) atoms. The van der Waals surface area contributed by atoms with Crippen molar-refractivity contribution in [3.05, 3.63) is 154 Å². The molecule has 5 nitrogen and oxygen atoms in total. The van der Waals surface area contributed by atoms with Gasteiger partial charge in [0.05, 0.1) is 0 Å². The van der Waals surface area contributed by atoms with Crippen LogP contribution in [0.2, 0.25) is 0 Å². The van der Waals surface area contributed by atoms with E-state index < -0.39 is 5.97 Å². The average molecular weight is 727 g/mol. The predicted molar refractivity (Wildman–Crippen MR) is 230 cm³/mol. The second-order valence-corrected chi connectivity index (χ2v) is 16.1. The lowest BCUT2D eigenvalue weighted by atomic mass is 9.72. The summed E-state index contributed by atoms with van der Waals surface area (Å²) in [5.41, 5.74) is 11.2. The van der Waals surface area contributed by atoms with Crippen molar-refractivity contribution in [2.75, 3.05) is 5.32 Å². The Morgan fingerprint density at radius 3 is 1.72 bits per heavy atom. The lowest BCUT2D eigenvalue weighted by molar-refractivity contribution is -0.131. The summed E-state index contributed by atoms with van der Waals surface area (Å²) in [6.07, 6.45) is 34.4. The largest absolute Gasteiger partial charge is 0.478 e. The van der Waals surface area contributed by atoms with Crippen molar-refractivity contribution in [3.8, 4) is 0 Å². The Bertz CT molecular complexity index is 1980. The van der Waals surface area contributed by atoms with Crippen LogP contribution in [0.3, 0.4) is 0 Å². The van der Waals surface area contributed by atoms with E-state index in [1.54, 1.807) is 25.3 Å². The lowest BCUT2D eigenvalue weighted by Gasteiger charge is -2.33. The summed E-state index contributed by atoms with van der Waals surface area (Å²) in [4.78, 5) is 27.0. The molecule has 0 saturated carbocycles. The Morgan fingerprint density at radius 2 is 1.22 bits per heavy atom. The van der Waals surface area contributed by atoms with Crippen LogP contribution >= 0.6 is 0 Å². The number of carbonyl (C=O) groups is 2. The number of aromatic nitrogens is 1. The van der Waals surface area contributed by atoms with Gasteiger partial charge in [0.25, 0.3) is 0 Å². The third-order valence-corrected chi connectivity index (χ3v) is 10.2. The van der Waals surface area contributed by atoms with Crippen molar-refractivity contribution in [3.63, 3.8) is 0 Å². The molecule has 1 aromatic heterocycles. The van der Waals surface area contributed by atoms with Gasteiger partial charge in [0, 0.05) is 35.6 Å². The van der Waals surface area contributed by atoms with E-state index in [-0.39, 0.29) is 16.7 Å². The van der Waals surface area contributed by atoms with E-state index in [1.807, 2.05) is 61.7 Å². The molecule has 286 valence electrons. The molecule has 2 aromatic rings.